The Kier molecular flexibility index (Phi) is 9.20. The van der Waals surface area contributed by atoms with E-state index in [-0.39, 0.29) is 35.4 Å². The third-order valence-electron chi connectivity index (χ3n) is 6.54. The van der Waals surface area contributed by atoms with Crippen molar-refractivity contribution in [3.63, 3.8) is 0 Å². The summed E-state index contributed by atoms with van der Waals surface area (Å²) in [6.07, 6.45) is -0.695. The second-order valence-corrected chi connectivity index (χ2v) is 11.3. The Morgan fingerprint density at radius 3 is 2.38 bits per heavy atom. The topological polar surface area (TPSA) is 145 Å². The maximum absolute atomic E-state index is 13.8. The summed E-state index contributed by atoms with van der Waals surface area (Å²) in [5.41, 5.74) is 8.21. The minimum absolute atomic E-state index is 0.0966. The maximum Gasteiger partial charge on any atom is 0.356 e. The number of β-lactam (4-membered cyclic amide) rings is 1. The summed E-state index contributed by atoms with van der Waals surface area (Å²) in [7, 11) is 1.52. The number of amides is 2. The molecule has 3 N–H and O–H groups in total. The highest BCUT2D eigenvalue weighted by Crippen LogP contribution is 2.41. The number of carbonyl (C=O) groups excluding carboxylic acids is 3. The molecule has 0 spiro atoms. The van der Waals surface area contributed by atoms with E-state index in [1.807, 2.05) is 60.7 Å². The van der Waals surface area contributed by atoms with Crippen LogP contribution < -0.4 is 11.1 Å². The van der Waals surface area contributed by atoms with Crippen molar-refractivity contribution < 1.29 is 28.7 Å². The van der Waals surface area contributed by atoms with Crippen LogP contribution in [0.2, 0.25) is 0 Å². The Labute approximate surface area is 250 Å². The van der Waals surface area contributed by atoms with Gasteiger partial charge in [-0.3, -0.25) is 14.5 Å². The number of oxime groups is 1. The second kappa shape index (κ2) is 13.2. The van der Waals surface area contributed by atoms with Gasteiger partial charge in [-0.05, 0) is 23.6 Å². The van der Waals surface area contributed by atoms with Gasteiger partial charge in [0, 0.05) is 18.2 Å². The first-order chi connectivity index (χ1) is 20.4. The predicted octanol–water partition coefficient (Wildman–Crippen LogP) is 3.10. The summed E-state index contributed by atoms with van der Waals surface area (Å²) < 4.78 is 11.5. The lowest BCUT2D eigenvalue weighted by atomic mass is 10.0. The number of thioether (sulfide) groups is 1. The molecule has 0 radical (unpaired) electrons. The molecule has 2 aliphatic heterocycles. The normalized spacial score (nSPS) is 18.4. The number of nitrogens with one attached hydrogen (secondary N) is 1. The molecule has 0 bridgehead atoms. The first-order valence-corrected chi connectivity index (χ1v) is 15.0. The van der Waals surface area contributed by atoms with Crippen LogP contribution in [0.3, 0.4) is 0 Å². The van der Waals surface area contributed by atoms with E-state index in [2.05, 4.69) is 15.5 Å². The molecular formula is C29H29N5O6S2. The van der Waals surface area contributed by atoms with Gasteiger partial charge in [0.2, 0.25) is 0 Å². The fourth-order valence-corrected chi connectivity index (χ4v) is 6.52. The van der Waals surface area contributed by atoms with Gasteiger partial charge >= 0.3 is 5.97 Å². The lowest BCUT2D eigenvalue weighted by molar-refractivity contribution is -0.154. The van der Waals surface area contributed by atoms with Crippen molar-refractivity contribution in [3.8, 4) is 0 Å². The number of nitrogens with two attached hydrogens (primary N) is 1. The van der Waals surface area contributed by atoms with Crippen molar-refractivity contribution in [2.24, 2.45) is 5.16 Å². The summed E-state index contributed by atoms with van der Waals surface area (Å²) in [5.74, 6) is -1.34. The van der Waals surface area contributed by atoms with Crippen LogP contribution in [-0.2, 0) is 28.7 Å². The lowest BCUT2D eigenvalue weighted by Gasteiger charge is -2.49. The van der Waals surface area contributed by atoms with Crippen molar-refractivity contribution in [2.45, 2.75) is 24.4 Å². The van der Waals surface area contributed by atoms with E-state index in [4.69, 9.17) is 20.0 Å². The molecule has 2 aromatic carbocycles. The van der Waals surface area contributed by atoms with Crippen molar-refractivity contribution in [1.82, 2.24) is 15.2 Å². The largest absolute Gasteiger partial charge is 0.448 e. The zero-order valence-corrected chi connectivity index (χ0v) is 24.5. The molecule has 0 saturated carbocycles. The number of benzene rings is 2. The van der Waals surface area contributed by atoms with E-state index in [1.165, 1.54) is 23.8 Å². The number of ether oxygens (including phenoxy) is 2. The number of aromatic nitrogens is 1. The van der Waals surface area contributed by atoms with Crippen LogP contribution in [0.5, 0.6) is 0 Å². The van der Waals surface area contributed by atoms with E-state index in [0.717, 1.165) is 22.5 Å². The highest BCUT2D eigenvalue weighted by molar-refractivity contribution is 8.00. The summed E-state index contributed by atoms with van der Waals surface area (Å²) in [4.78, 5) is 51.2. The highest BCUT2D eigenvalue weighted by atomic mass is 32.2. The van der Waals surface area contributed by atoms with Gasteiger partial charge in [0.1, 0.15) is 29.4 Å². The van der Waals surface area contributed by atoms with Crippen LogP contribution in [0.25, 0.3) is 0 Å². The standard InChI is InChI=1S/C29H29N5O6S2/c1-3-39-33-21(20-16-42-29(30)31-20)25(35)32-22-26(36)34-23(19(14-38-2)15-41-27(22)34)28(37)40-24(17-10-6-4-7-11-17)18-12-8-5-9-13-18/h4-13,16,22,24,27H,3,14-15H2,1-2H3,(H2,30,31)(H,32,35)/t22?,27-/m0/s1. The van der Waals surface area contributed by atoms with Gasteiger partial charge in [0.05, 0.1) is 6.61 Å². The van der Waals surface area contributed by atoms with Gasteiger partial charge in [-0.1, -0.05) is 65.8 Å². The SMILES string of the molecule is CCON=C(C(=O)NC1C(=O)N2C(C(=O)OC(c3ccccc3)c3ccccc3)=C(COC)CS[C@@H]12)c1csc(N)n1. The molecule has 2 aliphatic rings. The van der Waals surface area contributed by atoms with Gasteiger partial charge < -0.3 is 25.4 Å². The molecule has 11 nitrogen and oxygen atoms in total. The number of hydrogen-bond donors (Lipinski definition) is 2. The number of esters is 1. The van der Waals surface area contributed by atoms with E-state index in [1.54, 1.807) is 12.3 Å². The van der Waals surface area contributed by atoms with Gasteiger partial charge in [0.15, 0.2) is 16.9 Å². The molecule has 1 aromatic heterocycles. The van der Waals surface area contributed by atoms with E-state index < -0.39 is 35.3 Å². The molecule has 1 saturated heterocycles. The smallest absolute Gasteiger partial charge is 0.356 e. The average Bonchev–Trinajstić information content (AvgIpc) is 3.45. The molecule has 42 heavy (non-hydrogen) atoms. The third-order valence-corrected chi connectivity index (χ3v) is 8.55. The van der Waals surface area contributed by atoms with Crippen molar-refractivity contribution in [1.29, 1.82) is 0 Å². The Hall–Kier alpha value is -4.20. The number of anilines is 1. The van der Waals surface area contributed by atoms with Crippen LogP contribution in [0.1, 0.15) is 29.8 Å². The van der Waals surface area contributed by atoms with Gasteiger partial charge in [-0.25, -0.2) is 9.78 Å². The number of carbonyl (C=O) groups is 3. The minimum Gasteiger partial charge on any atom is -0.448 e. The van der Waals surface area contributed by atoms with Gasteiger partial charge in [-0.15, -0.1) is 23.1 Å². The van der Waals surface area contributed by atoms with Crippen LogP contribution in [-0.4, -0.2) is 70.9 Å². The zero-order chi connectivity index (χ0) is 29.6. The lowest BCUT2D eigenvalue weighted by Crippen LogP contribution is -2.71. The Morgan fingerprint density at radius 2 is 1.81 bits per heavy atom. The molecule has 3 aromatic rings. The molecule has 5 rings (SSSR count). The Balaban J connectivity index is 1.39. The zero-order valence-electron chi connectivity index (χ0n) is 22.9. The predicted molar refractivity (Wildman–Crippen MR) is 159 cm³/mol. The molecule has 3 heterocycles. The van der Waals surface area contributed by atoms with Crippen LogP contribution in [0, 0.1) is 0 Å². The van der Waals surface area contributed by atoms with E-state index in [0.29, 0.717) is 11.3 Å². The highest BCUT2D eigenvalue weighted by Gasteiger charge is 2.55. The fraction of sp³-hybridized carbons (Fsp3) is 0.276. The first-order valence-electron chi connectivity index (χ1n) is 13.1. The molecule has 0 aliphatic carbocycles. The number of fused-ring (bicyclic) bond motifs is 1. The number of thiazole rings is 1. The molecule has 2 atom stereocenters. The third kappa shape index (κ3) is 6.03. The Bertz CT molecular complexity index is 1470. The molecule has 218 valence electrons. The average molecular weight is 608 g/mol. The molecule has 2 amide bonds. The van der Waals surface area contributed by atoms with Gasteiger partial charge in [-0.2, -0.15) is 0 Å². The van der Waals surface area contributed by atoms with Crippen molar-refractivity contribution in [2.75, 3.05) is 31.8 Å². The first kappa shape index (κ1) is 29.3. The minimum atomic E-state index is -0.906. The number of hydrogen-bond acceptors (Lipinski definition) is 11. The molecular weight excluding hydrogens is 578 g/mol. The van der Waals surface area contributed by atoms with Gasteiger partial charge in [0.25, 0.3) is 11.8 Å². The van der Waals surface area contributed by atoms with Crippen LogP contribution in [0.15, 0.2) is 82.5 Å². The summed E-state index contributed by atoms with van der Waals surface area (Å²) >= 11 is 2.57. The monoisotopic (exact) mass is 607 g/mol. The number of methoxy groups -OCH3 is 1. The van der Waals surface area contributed by atoms with E-state index >= 15 is 0 Å². The quantitative estimate of drug-likeness (QED) is 0.145. The van der Waals surface area contributed by atoms with Crippen LogP contribution in [0.4, 0.5) is 5.13 Å². The number of nitrogens with zero attached hydrogens (tertiary/aromatic N) is 3. The number of nitrogen functional groups attached to an aromatic ring is 1. The summed E-state index contributed by atoms with van der Waals surface area (Å²) in [6, 6.07) is 17.9. The molecule has 1 unspecified atom stereocenters. The van der Waals surface area contributed by atoms with Crippen molar-refractivity contribution in [3.05, 3.63) is 94.1 Å². The maximum atomic E-state index is 13.8. The van der Waals surface area contributed by atoms with Crippen LogP contribution >= 0.6 is 23.1 Å². The molecule has 13 heteroatoms. The Morgan fingerprint density at radius 1 is 1.14 bits per heavy atom. The summed E-state index contributed by atoms with van der Waals surface area (Å²) in [5, 5.41) is 7.94. The molecule has 1 fully saturated rings. The van der Waals surface area contributed by atoms with E-state index in [9.17, 15) is 14.4 Å². The fourth-order valence-electron chi connectivity index (χ4n) is 4.64. The number of rotatable bonds is 11. The second-order valence-electron chi connectivity index (χ2n) is 9.28. The van der Waals surface area contributed by atoms with Crippen molar-refractivity contribution >= 4 is 51.7 Å². The summed E-state index contributed by atoms with van der Waals surface area (Å²) in [6.45, 7) is 2.10.